The third kappa shape index (κ3) is 4.65. The summed E-state index contributed by atoms with van der Waals surface area (Å²) in [6, 6.07) is 13.3. The van der Waals surface area contributed by atoms with E-state index in [0.717, 1.165) is 70.6 Å². The fraction of sp³-hybridized carbons (Fsp3) is 0.345. The summed E-state index contributed by atoms with van der Waals surface area (Å²) in [6.07, 6.45) is 4.29. The molecule has 0 unspecified atom stereocenters. The van der Waals surface area contributed by atoms with Gasteiger partial charge in [0.05, 0.1) is 0 Å². The molecule has 2 N–H and O–H groups in total. The van der Waals surface area contributed by atoms with Crippen LogP contribution in [0.15, 0.2) is 65.0 Å². The minimum absolute atomic E-state index is 0.104. The molecular weight excluding hydrogens is 440 g/mol. The Balaban J connectivity index is 1.38. The van der Waals surface area contributed by atoms with Gasteiger partial charge in [-0.2, -0.15) is 0 Å². The van der Waals surface area contributed by atoms with E-state index in [-0.39, 0.29) is 30.0 Å². The lowest BCUT2D eigenvalue weighted by atomic mass is 9.71. The molecule has 0 spiro atoms. The number of dihydropyridines is 1. The number of anilines is 1. The molecule has 0 aromatic heterocycles. The summed E-state index contributed by atoms with van der Waals surface area (Å²) in [7, 11) is 0. The van der Waals surface area contributed by atoms with Gasteiger partial charge in [0.1, 0.15) is 5.75 Å². The number of ketones is 2. The lowest BCUT2D eigenvalue weighted by molar-refractivity contribution is -0.118. The molecule has 1 aliphatic heterocycles. The number of carbonyl (C=O) groups is 3. The Morgan fingerprint density at radius 1 is 0.943 bits per heavy atom. The maximum atomic E-state index is 13.0. The van der Waals surface area contributed by atoms with Crippen molar-refractivity contribution in [2.75, 3.05) is 11.9 Å². The van der Waals surface area contributed by atoms with Crippen LogP contribution in [0.1, 0.15) is 61.1 Å². The quantitative estimate of drug-likeness (QED) is 0.641. The molecule has 0 radical (unpaired) electrons. The van der Waals surface area contributed by atoms with Gasteiger partial charge in [0.15, 0.2) is 18.2 Å². The largest absolute Gasteiger partial charge is 0.484 e. The van der Waals surface area contributed by atoms with Gasteiger partial charge in [0.25, 0.3) is 5.91 Å². The number of hydrogen-bond acceptors (Lipinski definition) is 5. The molecule has 0 saturated carbocycles. The van der Waals surface area contributed by atoms with E-state index in [1.54, 1.807) is 6.07 Å². The van der Waals surface area contributed by atoms with Crippen LogP contribution in [0, 0.1) is 13.8 Å². The fourth-order valence-electron chi connectivity index (χ4n) is 5.39. The van der Waals surface area contributed by atoms with E-state index in [4.69, 9.17) is 4.74 Å². The lowest BCUT2D eigenvalue weighted by Gasteiger charge is -2.37. The van der Waals surface area contributed by atoms with Crippen molar-refractivity contribution in [3.63, 3.8) is 0 Å². The van der Waals surface area contributed by atoms with Crippen LogP contribution >= 0.6 is 0 Å². The second-order valence-electron chi connectivity index (χ2n) is 9.62. The van der Waals surface area contributed by atoms with E-state index in [0.29, 0.717) is 18.6 Å². The van der Waals surface area contributed by atoms with Crippen LogP contribution in [-0.2, 0) is 14.4 Å². The number of rotatable bonds is 5. The van der Waals surface area contributed by atoms with Crippen LogP contribution in [0.5, 0.6) is 5.75 Å². The molecule has 0 atom stereocenters. The highest BCUT2D eigenvalue weighted by molar-refractivity contribution is 6.06. The standard InChI is InChI=1S/C29H30N2O4/c1-17-12-13-21(18(2)14-17)31-26(34)16-35-20-7-3-6-19(15-20)27-28-22(8-4-10-24(28)32)30-23-9-5-11-25(33)29(23)27/h3,6-7,12-15,27,30H,4-5,8-11,16H2,1-2H3,(H,31,34). The van der Waals surface area contributed by atoms with E-state index in [2.05, 4.69) is 10.6 Å². The number of hydrogen-bond donors (Lipinski definition) is 2. The summed E-state index contributed by atoms with van der Waals surface area (Å²) in [5.41, 5.74) is 7.09. The molecule has 2 aromatic rings. The van der Waals surface area contributed by atoms with Crippen molar-refractivity contribution in [1.29, 1.82) is 0 Å². The smallest absolute Gasteiger partial charge is 0.262 e. The number of carbonyl (C=O) groups excluding carboxylic acids is 3. The van der Waals surface area contributed by atoms with Gasteiger partial charge in [-0.25, -0.2) is 0 Å². The summed E-state index contributed by atoms with van der Waals surface area (Å²) < 4.78 is 5.83. The third-order valence-electron chi connectivity index (χ3n) is 7.01. The molecule has 2 aliphatic carbocycles. The van der Waals surface area contributed by atoms with E-state index < -0.39 is 0 Å². The SMILES string of the molecule is Cc1ccc(NC(=O)COc2cccc(C3C4=C(CCCC4=O)NC4=C3C(=O)CCC4)c2)c(C)c1. The number of Topliss-reactive ketones (excluding diaryl/α,β-unsaturated/α-hetero) is 2. The molecule has 0 saturated heterocycles. The predicted molar refractivity (Wildman–Crippen MR) is 134 cm³/mol. The Morgan fingerprint density at radius 3 is 2.29 bits per heavy atom. The van der Waals surface area contributed by atoms with Gasteiger partial charge in [0, 0.05) is 47.0 Å². The Morgan fingerprint density at radius 2 is 1.63 bits per heavy atom. The maximum absolute atomic E-state index is 13.0. The first-order valence-corrected chi connectivity index (χ1v) is 12.3. The molecule has 1 amide bonds. The fourth-order valence-corrected chi connectivity index (χ4v) is 5.39. The highest BCUT2D eigenvalue weighted by Gasteiger charge is 2.40. The number of amides is 1. The second-order valence-corrected chi connectivity index (χ2v) is 9.62. The van der Waals surface area contributed by atoms with Gasteiger partial charge in [-0.15, -0.1) is 0 Å². The van der Waals surface area contributed by atoms with Crippen LogP contribution in [0.4, 0.5) is 5.69 Å². The highest BCUT2D eigenvalue weighted by atomic mass is 16.5. The Bertz CT molecular complexity index is 1250. The van der Waals surface area contributed by atoms with E-state index in [9.17, 15) is 14.4 Å². The molecule has 2 aromatic carbocycles. The topological polar surface area (TPSA) is 84.5 Å². The molecule has 180 valence electrons. The van der Waals surface area contributed by atoms with Crippen LogP contribution < -0.4 is 15.4 Å². The monoisotopic (exact) mass is 470 g/mol. The number of allylic oxidation sites excluding steroid dienone is 4. The van der Waals surface area contributed by atoms with Gasteiger partial charge >= 0.3 is 0 Å². The minimum atomic E-state index is -0.380. The molecule has 35 heavy (non-hydrogen) atoms. The van der Waals surface area contributed by atoms with Crippen LogP contribution in [0.25, 0.3) is 0 Å². The molecule has 6 heteroatoms. The van der Waals surface area contributed by atoms with Gasteiger partial charge in [-0.05, 0) is 68.9 Å². The van der Waals surface area contributed by atoms with Gasteiger partial charge in [-0.3, -0.25) is 14.4 Å². The van der Waals surface area contributed by atoms with Crippen molar-refractivity contribution in [3.05, 3.63) is 81.7 Å². The molecule has 5 rings (SSSR count). The number of nitrogens with one attached hydrogen (secondary N) is 2. The average Bonchev–Trinajstić information content (AvgIpc) is 2.84. The van der Waals surface area contributed by atoms with Crippen molar-refractivity contribution in [1.82, 2.24) is 5.32 Å². The first-order chi connectivity index (χ1) is 16.9. The highest BCUT2D eigenvalue weighted by Crippen LogP contribution is 2.45. The molecule has 0 fully saturated rings. The Labute approximate surface area is 205 Å². The van der Waals surface area contributed by atoms with Crippen molar-refractivity contribution >= 4 is 23.2 Å². The van der Waals surface area contributed by atoms with Crippen LogP contribution in [0.2, 0.25) is 0 Å². The normalized spacial score (nSPS) is 18.1. The Kier molecular flexibility index (Phi) is 6.29. The summed E-state index contributed by atoms with van der Waals surface area (Å²) in [5, 5.41) is 6.33. The maximum Gasteiger partial charge on any atom is 0.262 e. The summed E-state index contributed by atoms with van der Waals surface area (Å²) >= 11 is 0. The van der Waals surface area contributed by atoms with Crippen LogP contribution in [-0.4, -0.2) is 24.1 Å². The minimum Gasteiger partial charge on any atom is -0.484 e. The molecule has 1 heterocycles. The first-order valence-electron chi connectivity index (χ1n) is 12.3. The Hall–Kier alpha value is -3.67. The number of ether oxygens (including phenoxy) is 1. The van der Waals surface area contributed by atoms with Crippen molar-refractivity contribution in [2.45, 2.75) is 58.3 Å². The molecule has 0 bridgehead atoms. The summed E-state index contributed by atoms with van der Waals surface area (Å²) in [5.74, 6) is 0.117. The van der Waals surface area contributed by atoms with Gasteiger partial charge in [-0.1, -0.05) is 29.8 Å². The van der Waals surface area contributed by atoms with Crippen molar-refractivity contribution in [3.8, 4) is 5.75 Å². The zero-order valence-electron chi connectivity index (χ0n) is 20.2. The number of aryl methyl sites for hydroxylation is 2. The molecule has 6 nitrogen and oxygen atoms in total. The predicted octanol–water partition coefficient (Wildman–Crippen LogP) is 5.02. The third-order valence-corrected chi connectivity index (χ3v) is 7.01. The van der Waals surface area contributed by atoms with Gasteiger partial charge in [0.2, 0.25) is 0 Å². The summed E-state index contributed by atoms with van der Waals surface area (Å²) in [4.78, 5) is 38.5. The first kappa shape index (κ1) is 23.1. The van der Waals surface area contributed by atoms with E-state index in [1.165, 1.54) is 0 Å². The average molecular weight is 471 g/mol. The second kappa shape index (κ2) is 9.53. The van der Waals surface area contributed by atoms with E-state index >= 15 is 0 Å². The van der Waals surface area contributed by atoms with Gasteiger partial charge < -0.3 is 15.4 Å². The summed E-state index contributed by atoms with van der Waals surface area (Å²) in [6.45, 7) is 3.83. The molecule has 3 aliphatic rings. The lowest BCUT2D eigenvalue weighted by Crippen LogP contribution is -2.36. The van der Waals surface area contributed by atoms with Crippen molar-refractivity contribution < 1.29 is 19.1 Å². The molecular formula is C29H30N2O4. The zero-order chi connectivity index (χ0) is 24.5. The van der Waals surface area contributed by atoms with E-state index in [1.807, 2.05) is 50.2 Å². The van der Waals surface area contributed by atoms with Crippen molar-refractivity contribution in [2.24, 2.45) is 0 Å². The number of benzene rings is 2. The zero-order valence-corrected chi connectivity index (χ0v) is 20.2. The van der Waals surface area contributed by atoms with Crippen LogP contribution in [0.3, 0.4) is 0 Å².